The lowest BCUT2D eigenvalue weighted by Gasteiger charge is -2.26. The van der Waals surface area contributed by atoms with E-state index in [0.29, 0.717) is 6.54 Å². The lowest BCUT2D eigenvalue weighted by Crippen LogP contribution is -2.42. The molecule has 9 heteroatoms. The van der Waals surface area contributed by atoms with Gasteiger partial charge >= 0.3 is 6.03 Å². The standard InChI is InChI=1S/C17H14Cl2FN.C12H16FN3O/c18-14-5-3-12(4-6-14)2-1-8-21-9-7-13-10-15(19)16(20)11-17(13)21;13-11-8-10(4-5-14-11)9-15-12(17)16-6-2-1-3-7-16/h1-6,10-11H,7-9H2;4-5,8H,1-3,6-7,9H2,(H,15,17)/b2-1+;. The largest absolute Gasteiger partial charge is 0.367 e. The molecule has 2 aliphatic rings. The highest BCUT2D eigenvalue weighted by atomic mass is 35.5. The zero-order valence-electron chi connectivity index (χ0n) is 21.0. The van der Waals surface area contributed by atoms with Gasteiger partial charge in [0.2, 0.25) is 5.95 Å². The Bertz CT molecular complexity index is 1260. The fraction of sp³-hybridized carbons (Fsp3) is 0.310. The van der Waals surface area contributed by atoms with Gasteiger partial charge in [0.15, 0.2) is 0 Å². The van der Waals surface area contributed by atoms with Crippen molar-refractivity contribution in [2.75, 3.05) is 31.1 Å². The van der Waals surface area contributed by atoms with Crippen LogP contribution in [0, 0.1) is 11.8 Å². The van der Waals surface area contributed by atoms with Crippen molar-refractivity contribution in [1.82, 2.24) is 15.2 Å². The van der Waals surface area contributed by atoms with Gasteiger partial charge < -0.3 is 15.1 Å². The van der Waals surface area contributed by atoms with Gasteiger partial charge in [0, 0.05) is 49.6 Å². The fourth-order valence-corrected chi connectivity index (χ4v) is 4.78. The molecule has 5 nitrogen and oxygen atoms in total. The number of hydrogen-bond acceptors (Lipinski definition) is 3. The third-order valence-corrected chi connectivity index (χ3v) is 7.04. The molecule has 3 aromatic rings. The summed E-state index contributed by atoms with van der Waals surface area (Å²) in [6.45, 7) is 3.61. The Morgan fingerprint density at radius 2 is 1.76 bits per heavy atom. The molecule has 2 amide bonds. The molecule has 0 saturated carbocycles. The van der Waals surface area contributed by atoms with Gasteiger partial charge in [-0.1, -0.05) is 47.5 Å². The Hall–Kier alpha value is -3.16. The van der Waals surface area contributed by atoms with Crippen LogP contribution in [0.25, 0.3) is 6.08 Å². The number of fused-ring (bicyclic) bond motifs is 1. The summed E-state index contributed by atoms with van der Waals surface area (Å²) in [4.78, 5) is 19.2. The van der Waals surface area contributed by atoms with E-state index in [2.05, 4.69) is 21.3 Å². The van der Waals surface area contributed by atoms with E-state index in [1.807, 2.05) is 30.3 Å². The minimum absolute atomic E-state index is 0.0677. The van der Waals surface area contributed by atoms with Crippen molar-refractivity contribution in [1.29, 1.82) is 0 Å². The molecule has 0 bridgehead atoms. The zero-order valence-corrected chi connectivity index (χ0v) is 22.5. The summed E-state index contributed by atoms with van der Waals surface area (Å²) in [5, 5.41) is 3.72. The van der Waals surface area contributed by atoms with Gasteiger partial charge in [-0.3, -0.25) is 0 Å². The number of likely N-dealkylation sites (tertiary alicyclic amines) is 1. The van der Waals surface area contributed by atoms with E-state index in [1.165, 1.54) is 24.8 Å². The topological polar surface area (TPSA) is 48.5 Å². The van der Waals surface area contributed by atoms with Crippen LogP contribution in [0.2, 0.25) is 10.0 Å². The second-order valence-corrected chi connectivity index (χ2v) is 10.1. The van der Waals surface area contributed by atoms with Crippen LogP contribution in [0.15, 0.2) is 60.8 Å². The number of piperidine rings is 1. The van der Waals surface area contributed by atoms with Gasteiger partial charge in [0.1, 0.15) is 5.82 Å². The number of pyridine rings is 1. The fourth-order valence-electron chi connectivity index (χ4n) is 4.47. The molecule has 1 fully saturated rings. The molecule has 1 N–H and O–H groups in total. The number of rotatable bonds is 5. The Kier molecular flexibility index (Phi) is 9.96. The minimum Gasteiger partial charge on any atom is -0.367 e. The molecule has 0 aliphatic carbocycles. The van der Waals surface area contributed by atoms with Crippen LogP contribution in [0.1, 0.15) is 36.0 Å². The van der Waals surface area contributed by atoms with Gasteiger partial charge in [-0.2, -0.15) is 4.39 Å². The summed E-state index contributed by atoms with van der Waals surface area (Å²) >= 11 is 11.7. The molecule has 1 aromatic heterocycles. The van der Waals surface area contributed by atoms with Crippen LogP contribution in [0.4, 0.5) is 19.3 Å². The molecular weight excluding hydrogens is 529 g/mol. The predicted molar refractivity (Wildman–Crippen MR) is 150 cm³/mol. The quantitative estimate of drug-likeness (QED) is 0.339. The summed E-state index contributed by atoms with van der Waals surface area (Å²) in [5.74, 6) is -0.876. The number of urea groups is 1. The van der Waals surface area contributed by atoms with Gasteiger partial charge in [-0.15, -0.1) is 0 Å². The highest BCUT2D eigenvalue weighted by Crippen LogP contribution is 2.32. The number of benzene rings is 2. The molecule has 0 radical (unpaired) electrons. The number of nitrogens with zero attached hydrogens (tertiary/aromatic N) is 3. The first kappa shape index (κ1) is 27.9. The Morgan fingerprint density at radius 3 is 2.50 bits per heavy atom. The Labute approximate surface area is 232 Å². The normalized spacial score (nSPS) is 14.7. The van der Waals surface area contributed by atoms with Crippen molar-refractivity contribution >= 4 is 41.0 Å². The zero-order chi connectivity index (χ0) is 26.9. The third-order valence-electron chi connectivity index (χ3n) is 6.50. The maximum Gasteiger partial charge on any atom is 0.317 e. The summed E-state index contributed by atoms with van der Waals surface area (Å²) in [5.41, 5.74) is 3.88. The average molecular weight is 559 g/mol. The molecule has 38 heavy (non-hydrogen) atoms. The molecule has 3 heterocycles. The molecule has 2 aliphatic heterocycles. The number of hydrogen-bond donors (Lipinski definition) is 1. The molecule has 0 atom stereocenters. The number of carbonyl (C=O) groups is 1. The third kappa shape index (κ3) is 7.92. The lowest BCUT2D eigenvalue weighted by molar-refractivity contribution is 0.186. The van der Waals surface area contributed by atoms with E-state index in [9.17, 15) is 13.6 Å². The van der Waals surface area contributed by atoms with E-state index in [4.69, 9.17) is 23.2 Å². The SMILES string of the molecule is Fc1cc2c(cc1Cl)CCN2C/C=C/c1ccc(Cl)cc1.O=C(NCc1ccnc(F)c1)N1CCCCC1. The molecule has 2 aromatic carbocycles. The van der Waals surface area contributed by atoms with Crippen molar-refractivity contribution < 1.29 is 13.6 Å². The maximum atomic E-state index is 13.6. The van der Waals surface area contributed by atoms with Crippen molar-refractivity contribution in [3.05, 3.63) is 99.3 Å². The Morgan fingerprint density at radius 1 is 1.00 bits per heavy atom. The molecule has 200 valence electrons. The lowest BCUT2D eigenvalue weighted by atomic mass is 10.1. The maximum absolute atomic E-state index is 13.6. The smallest absolute Gasteiger partial charge is 0.317 e. The van der Waals surface area contributed by atoms with Crippen LogP contribution in [0.3, 0.4) is 0 Å². The van der Waals surface area contributed by atoms with Crippen molar-refractivity contribution in [2.24, 2.45) is 0 Å². The number of aromatic nitrogens is 1. The van der Waals surface area contributed by atoms with E-state index in [1.54, 1.807) is 17.0 Å². The predicted octanol–water partition coefficient (Wildman–Crippen LogP) is 7.12. The second kappa shape index (κ2) is 13.6. The number of amides is 2. The monoisotopic (exact) mass is 558 g/mol. The summed E-state index contributed by atoms with van der Waals surface area (Å²) in [6.07, 6.45) is 9.75. The van der Waals surface area contributed by atoms with Gasteiger partial charge in [0.05, 0.1) is 5.02 Å². The van der Waals surface area contributed by atoms with Crippen LogP contribution in [-0.4, -0.2) is 42.1 Å². The molecule has 0 spiro atoms. The molecule has 0 unspecified atom stereocenters. The number of halogens is 4. The van der Waals surface area contributed by atoms with Crippen LogP contribution < -0.4 is 10.2 Å². The summed E-state index contributed by atoms with van der Waals surface area (Å²) in [7, 11) is 0. The van der Waals surface area contributed by atoms with Gasteiger partial charge in [-0.05, 0) is 78.8 Å². The van der Waals surface area contributed by atoms with Crippen LogP contribution in [0.5, 0.6) is 0 Å². The van der Waals surface area contributed by atoms with Crippen molar-refractivity contribution in [3.8, 4) is 0 Å². The number of anilines is 1. The van der Waals surface area contributed by atoms with E-state index >= 15 is 0 Å². The van der Waals surface area contributed by atoms with E-state index in [-0.39, 0.29) is 16.9 Å². The summed E-state index contributed by atoms with van der Waals surface area (Å²) in [6, 6.07) is 13.9. The van der Waals surface area contributed by atoms with Gasteiger partial charge in [-0.25, -0.2) is 14.2 Å². The molecule has 1 saturated heterocycles. The molecular formula is C29H30Cl2F2N4O. The van der Waals surface area contributed by atoms with Gasteiger partial charge in [0.25, 0.3) is 0 Å². The highest BCUT2D eigenvalue weighted by Gasteiger charge is 2.20. The number of carbonyl (C=O) groups excluding carboxylic acids is 1. The van der Waals surface area contributed by atoms with Crippen LogP contribution in [-0.2, 0) is 13.0 Å². The van der Waals surface area contributed by atoms with Crippen LogP contribution >= 0.6 is 23.2 Å². The number of nitrogens with one attached hydrogen (secondary N) is 1. The first-order valence-electron chi connectivity index (χ1n) is 12.7. The van der Waals surface area contributed by atoms with Crippen molar-refractivity contribution in [3.63, 3.8) is 0 Å². The molecule has 5 rings (SSSR count). The van der Waals surface area contributed by atoms with E-state index < -0.39 is 5.95 Å². The minimum atomic E-state index is -0.519. The van der Waals surface area contributed by atoms with E-state index in [0.717, 1.165) is 72.8 Å². The second-order valence-electron chi connectivity index (χ2n) is 9.24. The Balaban J connectivity index is 0.000000181. The first-order valence-corrected chi connectivity index (χ1v) is 13.4. The highest BCUT2D eigenvalue weighted by molar-refractivity contribution is 6.31. The summed E-state index contributed by atoms with van der Waals surface area (Å²) < 4.78 is 26.4. The average Bonchev–Trinajstić information content (AvgIpc) is 3.31. The first-order chi connectivity index (χ1) is 18.4. The van der Waals surface area contributed by atoms with Crippen molar-refractivity contribution in [2.45, 2.75) is 32.2 Å².